The van der Waals surface area contributed by atoms with Crippen molar-refractivity contribution in [2.75, 3.05) is 33.5 Å². The Labute approximate surface area is 196 Å². The molecule has 1 atom stereocenters. The maximum atomic E-state index is 12.6. The Kier molecular flexibility index (Phi) is 11.1. The van der Waals surface area contributed by atoms with Crippen LogP contribution in [0.15, 0.2) is 42.5 Å². The van der Waals surface area contributed by atoms with Crippen molar-refractivity contribution in [2.24, 2.45) is 5.92 Å². The average molecular weight is 450 g/mol. The van der Waals surface area contributed by atoms with Gasteiger partial charge in [0.2, 0.25) is 5.91 Å². The van der Waals surface area contributed by atoms with E-state index in [-0.39, 0.29) is 32.1 Å². The highest BCUT2D eigenvalue weighted by Crippen LogP contribution is 2.31. The summed E-state index contributed by atoms with van der Waals surface area (Å²) in [5.74, 6) is 6.70. The van der Waals surface area contributed by atoms with Crippen LogP contribution in [0.2, 0.25) is 0 Å². The zero-order chi connectivity index (χ0) is 23.9. The van der Waals surface area contributed by atoms with Gasteiger partial charge in [-0.3, -0.25) is 4.79 Å². The molecule has 1 N–H and O–H groups in total. The number of carbonyl (C=O) groups is 1. The molecule has 0 aliphatic carbocycles. The number of rotatable bonds is 14. The SMILES string of the molecule is C#CCOc1ccc(OCCNC(=O)C(CC#C)COc2ccc(CCC)cc2)cc1OC. The number of ether oxygens (including phenoxy) is 4. The first-order chi connectivity index (χ1) is 16.1. The Bertz CT molecular complexity index is 956. The smallest absolute Gasteiger partial charge is 0.227 e. The number of carbonyl (C=O) groups excluding carboxylic acids is 1. The van der Waals surface area contributed by atoms with Gasteiger partial charge in [0.05, 0.1) is 19.6 Å². The normalized spacial score (nSPS) is 10.9. The van der Waals surface area contributed by atoms with Gasteiger partial charge in [-0.15, -0.1) is 18.8 Å². The van der Waals surface area contributed by atoms with Crippen molar-refractivity contribution >= 4 is 5.91 Å². The van der Waals surface area contributed by atoms with Gasteiger partial charge in [0.1, 0.15) is 31.3 Å². The highest BCUT2D eigenvalue weighted by atomic mass is 16.5. The van der Waals surface area contributed by atoms with Gasteiger partial charge in [-0.2, -0.15) is 0 Å². The van der Waals surface area contributed by atoms with Crippen LogP contribution < -0.4 is 24.3 Å². The van der Waals surface area contributed by atoms with Crippen molar-refractivity contribution in [3.8, 4) is 47.7 Å². The summed E-state index contributed by atoms with van der Waals surface area (Å²) in [5, 5.41) is 2.85. The molecule has 1 amide bonds. The molecule has 1 unspecified atom stereocenters. The van der Waals surface area contributed by atoms with Crippen LogP contribution in [0.5, 0.6) is 23.0 Å². The van der Waals surface area contributed by atoms with Crippen molar-refractivity contribution in [1.29, 1.82) is 0 Å². The molecular weight excluding hydrogens is 418 g/mol. The third-order valence-corrected chi connectivity index (χ3v) is 4.76. The summed E-state index contributed by atoms with van der Waals surface area (Å²) in [4.78, 5) is 12.6. The van der Waals surface area contributed by atoms with Crippen LogP contribution in [0.1, 0.15) is 25.3 Å². The zero-order valence-corrected chi connectivity index (χ0v) is 19.3. The largest absolute Gasteiger partial charge is 0.493 e. The first kappa shape index (κ1) is 25.5. The minimum absolute atomic E-state index is 0.148. The Hall–Kier alpha value is -3.77. The van der Waals surface area contributed by atoms with Crippen LogP contribution in [0.4, 0.5) is 0 Å². The predicted octanol–water partition coefficient (Wildman–Crippen LogP) is 3.87. The third-order valence-electron chi connectivity index (χ3n) is 4.76. The molecule has 0 bridgehead atoms. The summed E-state index contributed by atoms with van der Waals surface area (Å²) in [5.41, 5.74) is 1.26. The fraction of sp³-hybridized carbons (Fsp3) is 0.370. The molecule has 0 aliphatic rings. The van der Waals surface area contributed by atoms with E-state index in [1.807, 2.05) is 24.3 Å². The quantitative estimate of drug-likeness (QED) is 0.350. The lowest BCUT2D eigenvalue weighted by molar-refractivity contribution is -0.125. The summed E-state index contributed by atoms with van der Waals surface area (Å²) < 4.78 is 22.2. The first-order valence-electron chi connectivity index (χ1n) is 10.9. The minimum Gasteiger partial charge on any atom is -0.493 e. The van der Waals surface area contributed by atoms with Crippen molar-refractivity contribution in [1.82, 2.24) is 5.32 Å². The number of hydrogen-bond donors (Lipinski definition) is 1. The molecule has 174 valence electrons. The van der Waals surface area contributed by atoms with Crippen LogP contribution in [0.25, 0.3) is 0 Å². The van der Waals surface area contributed by atoms with Crippen molar-refractivity contribution in [3.05, 3.63) is 48.0 Å². The molecular formula is C27H31NO5. The van der Waals surface area contributed by atoms with Gasteiger partial charge in [-0.25, -0.2) is 0 Å². The molecule has 2 aromatic carbocycles. The standard InChI is InChI=1S/C27H31NO5/c1-5-8-21-10-12-23(13-11-21)33-20-22(9-6-2)27(29)28-16-18-31-24-14-15-25(32-17-7-3)26(19-24)30-4/h2-3,10-15,19,22H,5,8-9,16-18,20H2,1,4H3,(H,28,29). The Morgan fingerprint density at radius 3 is 2.42 bits per heavy atom. The van der Waals surface area contributed by atoms with Crippen molar-refractivity contribution in [3.63, 3.8) is 0 Å². The molecule has 0 radical (unpaired) electrons. The summed E-state index contributed by atoms with van der Waals surface area (Å²) in [6.45, 7) is 3.10. The number of terminal acetylenes is 2. The molecule has 0 saturated heterocycles. The molecule has 0 aromatic heterocycles. The van der Waals surface area contributed by atoms with Gasteiger partial charge >= 0.3 is 0 Å². The van der Waals surface area contributed by atoms with Crippen LogP contribution in [-0.4, -0.2) is 39.4 Å². The predicted molar refractivity (Wildman–Crippen MR) is 129 cm³/mol. The van der Waals surface area contributed by atoms with Crippen LogP contribution in [-0.2, 0) is 11.2 Å². The van der Waals surface area contributed by atoms with E-state index in [1.54, 1.807) is 18.2 Å². The van der Waals surface area contributed by atoms with Gasteiger partial charge in [0.15, 0.2) is 11.5 Å². The van der Waals surface area contributed by atoms with E-state index in [9.17, 15) is 4.79 Å². The topological polar surface area (TPSA) is 66.0 Å². The number of hydrogen-bond acceptors (Lipinski definition) is 5. The Balaban J connectivity index is 1.80. The maximum Gasteiger partial charge on any atom is 0.227 e. The van der Waals surface area contributed by atoms with Gasteiger partial charge in [-0.05, 0) is 36.2 Å². The third kappa shape index (κ3) is 8.71. The van der Waals surface area contributed by atoms with E-state index < -0.39 is 5.92 Å². The lowest BCUT2D eigenvalue weighted by atomic mass is 10.1. The monoisotopic (exact) mass is 449 g/mol. The lowest BCUT2D eigenvalue weighted by Crippen LogP contribution is -2.36. The highest BCUT2D eigenvalue weighted by molar-refractivity contribution is 5.79. The van der Waals surface area contributed by atoms with Crippen LogP contribution >= 0.6 is 0 Å². The van der Waals surface area contributed by atoms with Crippen molar-refractivity contribution < 1.29 is 23.7 Å². The lowest BCUT2D eigenvalue weighted by Gasteiger charge is -2.16. The fourth-order valence-corrected chi connectivity index (χ4v) is 3.07. The second kappa shape index (κ2) is 14.3. The van der Waals surface area contributed by atoms with E-state index in [4.69, 9.17) is 31.8 Å². The molecule has 0 fully saturated rings. The van der Waals surface area contributed by atoms with Crippen LogP contribution in [0, 0.1) is 30.6 Å². The number of methoxy groups -OCH3 is 1. The molecule has 2 aromatic rings. The van der Waals surface area contributed by atoms with E-state index in [0.29, 0.717) is 23.8 Å². The maximum absolute atomic E-state index is 12.6. The molecule has 0 spiro atoms. The van der Waals surface area contributed by atoms with Crippen LogP contribution in [0.3, 0.4) is 0 Å². The summed E-state index contributed by atoms with van der Waals surface area (Å²) in [7, 11) is 1.54. The average Bonchev–Trinajstić information content (AvgIpc) is 2.84. The Morgan fingerprint density at radius 2 is 1.76 bits per heavy atom. The number of amides is 1. The summed E-state index contributed by atoms with van der Waals surface area (Å²) in [6.07, 6.45) is 13.1. The molecule has 0 heterocycles. The minimum atomic E-state index is -0.446. The highest BCUT2D eigenvalue weighted by Gasteiger charge is 2.18. The Morgan fingerprint density at radius 1 is 1.00 bits per heavy atom. The number of aryl methyl sites for hydroxylation is 1. The number of nitrogens with one attached hydrogen (secondary N) is 1. The molecule has 0 aliphatic heterocycles. The molecule has 6 heteroatoms. The van der Waals surface area contributed by atoms with Gasteiger partial charge in [0, 0.05) is 12.5 Å². The van der Waals surface area contributed by atoms with Gasteiger partial charge < -0.3 is 24.3 Å². The second-order valence-corrected chi connectivity index (χ2v) is 7.26. The zero-order valence-electron chi connectivity index (χ0n) is 19.3. The molecule has 0 saturated carbocycles. The number of benzene rings is 2. The van der Waals surface area contributed by atoms with Gasteiger partial charge in [0.25, 0.3) is 0 Å². The molecule has 6 nitrogen and oxygen atoms in total. The molecule has 33 heavy (non-hydrogen) atoms. The van der Waals surface area contributed by atoms with E-state index >= 15 is 0 Å². The molecule has 2 rings (SSSR count). The van der Waals surface area contributed by atoms with E-state index in [0.717, 1.165) is 18.6 Å². The summed E-state index contributed by atoms with van der Waals surface area (Å²) >= 11 is 0. The summed E-state index contributed by atoms with van der Waals surface area (Å²) in [6, 6.07) is 13.1. The van der Waals surface area contributed by atoms with E-state index in [1.165, 1.54) is 12.7 Å². The van der Waals surface area contributed by atoms with Crippen molar-refractivity contribution in [2.45, 2.75) is 26.2 Å². The van der Waals surface area contributed by atoms with Gasteiger partial charge in [-0.1, -0.05) is 31.4 Å². The fourth-order valence-electron chi connectivity index (χ4n) is 3.07. The van der Waals surface area contributed by atoms with E-state index in [2.05, 4.69) is 24.1 Å². The first-order valence-corrected chi connectivity index (χ1v) is 10.9. The second-order valence-electron chi connectivity index (χ2n) is 7.26.